The molecule has 2 aromatic heterocycles. The van der Waals surface area contributed by atoms with Gasteiger partial charge in [-0.15, -0.1) is 21.5 Å². The summed E-state index contributed by atoms with van der Waals surface area (Å²) in [5.41, 5.74) is 11.3. The molecule has 4 aromatic rings. The van der Waals surface area contributed by atoms with E-state index in [9.17, 15) is 4.79 Å². The van der Waals surface area contributed by atoms with Gasteiger partial charge >= 0.3 is 0 Å². The summed E-state index contributed by atoms with van der Waals surface area (Å²) in [6, 6.07) is 13.5. The first-order chi connectivity index (χ1) is 19.7. The van der Waals surface area contributed by atoms with Gasteiger partial charge in [-0.3, -0.25) is 14.4 Å². The molecule has 0 saturated heterocycles. The first-order valence-electron chi connectivity index (χ1n) is 13.8. The lowest BCUT2D eigenvalue weighted by Gasteiger charge is -2.14. The molecule has 1 atom stereocenters. The third-order valence-electron chi connectivity index (χ3n) is 7.52. The number of nitrogens with zero attached hydrogens (tertiary/aromatic N) is 5. The number of hydrazone groups is 1. The van der Waals surface area contributed by atoms with Gasteiger partial charge in [-0.05, 0) is 82.9 Å². The number of aromatic nitrogens is 3. The minimum absolute atomic E-state index is 0.129. The van der Waals surface area contributed by atoms with Crippen molar-refractivity contribution in [1.82, 2.24) is 20.2 Å². The second kappa shape index (κ2) is 10.9. The van der Waals surface area contributed by atoms with Crippen molar-refractivity contribution in [3.63, 3.8) is 0 Å². The number of benzene rings is 2. The Morgan fingerprint density at radius 2 is 1.90 bits per heavy atom. The molecule has 8 nitrogen and oxygen atoms in total. The molecule has 1 aliphatic carbocycles. The van der Waals surface area contributed by atoms with Crippen LogP contribution in [0.2, 0.25) is 5.02 Å². The zero-order chi connectivity index (χ0) is 28.8. The molecule has 10 heteroatoms. The number of anilines is 1. The van der Waals surface area contributed by atoms with Crippen molar-refractivity contribution in [2.75, 3.05) is 5.32 Å². The van der Waals surface area contributed by atoms with Gasteiger partial charge in [0.05, 0.1) is 17.8 Å². The summed E-state index contributed by atoms with van der Waals surface area (Å²) >= 11 is 7.91. The predicted molar refractivity (Wildman–Crippen MR) is 166 cm³/mol. The SMILES string of the molecule is Cc1sc2c(c1C)C(c1ccc(Cl)cc1)=N[C@@H](CC(=O)Nc1ccc3c(c1)CC/C3=N/NC(C)C)c1nnc(C)n1-2. The van der Waals surface area contributed by atoms with Gasteiger partial charge in [0.15, 0.2) is 5.82 Å². The van der Waals surface area contributed by atoms with Crippen LogP contribution in [0, 0.1) is 20.8 Å². The minimum atomic E-state index is -0.517. The second-order valence-electron chi connectivity index (χ2n) is 10.9. The van der Waals surface area contributed by atoms with E-state index in [0.717, 1.165) is 63.0 Å². The van der Waals surface area contributed by atoms with E-state index in [-0.39, 0.29) is 18.4 Å². The molecular weight excluding hydrogens is 554 g/mol. The van der Waals surface area contributed by atoms with Gasteiger partial charge in [-0.25, -0.2) is 0 Å². The molecule has 0 unspecified atom stereocenters. The zero-order valence-corrected chi connectivity index (χ0v) is 25.3. The highest BCUT2D eigenvalue weighted by Crippen LogP contribution is 2.39. The minimum Gasteiger partial charge on any atom is -0.326 e. The van der Waals surface area contributed by atoms with Crippen LogP contribution in [0.1, 0.15) is 77.1 Å². The molecule has 0 radical (unpaired) electrons. The number of aliphatic imine (C=N–C) groups is 1. The smallest absolute Gasteiger partial charge is 0.227 e. The van der Waals surface area contributed by atoms with Gasteiger partial charge in [0.2, 0.25) is 5.91 Å². The maximum Gasteiger partial charge on any atom is 0.227 e. The van der Waals surface area contributed by atoms with Crippen LogP contribution in [0.5, 0.6) is 0 Å². The van der Waals surface area contributed by atoms with E-state index < -0.39 is 6.04 Å². The first-order valence-corrected chi connectivity index (χ1v) is 15.0. The second-order valence-corrected chi connectivity index (χ2v) is 12.5. The molecule has 210 valence electrons. The van der Waals surface area contributed by atoms with Crippen LogP contribution in [-0.2, 0) is 11.2 Å². The Hall–Kier alpha value is -3.82. The number of hydrogen-bond donors (Lipinski definition) is 2. The van der Waals surface area contributed by atoms with Gasteiger partial charge in [0.1, 0.15) is 16.9 Å². The van der Waals surface area contributed by atoms with E-state index in [1.54, 1.807) is 11.3 Å². The monoisotopic (exact) mass is 585 g/mol. The predicted octanol–water partition coefficient (Wildman–Crippen LogP) is 6.48. The number of amides is 1. The van der Waals surface area contributed by atoms with E-state index in [2.05, 4.69) is 64.4 Å². The summed E-state index contributed by atoms with van der Waals surface area (Å²) < 4.78 is 2.06. The third-order valence-corrected chi connectivity index (χ3v) is 8.97. The van der Waals surface area contributed by atoms with Crippen molar-refractivity contribution in [1.29, 1.82) is 0 Å². The van der Waals surface area contributed by atoms with Gasteiger partial charge in [-0.1, -0.05) is 29.8 Å². The van der Waals surface area contributed by atoms with Crippen molar-refractivity contribution >= 4 is 46.0 Å². The van der Waals surface area contributed by atoms with Crippen LogP contribution < -0.4 is 10.7 Å². The number of carbonyl (C=O) groups excluding carboxylic acids is 1. The van der Waals surface area contributed by atoms with E-state index in [1.807, 2.05) is 43.3 Å². The summed E-state index contributed by atoms with van der Waals surface area (Å²) in [5, 5.41) is 18.3. The molecule has 0 saturated carbocycles. The highest BCUT2D eigenvalue weighted by atomic mass is 35.5. The lowest BCUT2D eigenvalue weighted by atomic mass is 9.99. The Labute approximate surface area is 248 Å². The van der Waals surface area contributed by atoms with Crippen LogP contribution >= 0.6 is 22.9 Å². The Bertz CT molecular complexity index is 1710. The number of aryl methyl sites for hydroxylation is 3. The molecule has 2 aliphatic rings. The van der Waals surface area contributed by atoms with Gasteiger partial charge in [-0.2, -0.15) is 5.10 Å². The average molecular weight is 586 g/mol. The summed E-state index contributed by atoms with van der Waals surface area (Å²) in [5.74, 6) is 1.30. The topological polar surface area (TPSA) is 96.6 Å². The molecule has 3 heterocycles. The van der Waals surface area contributed by atoms with Crippen LogP contribution in [0.15, 0.2) is 52.6 Å². The van der Waals surface area contributed by atoms with Crippen molar-refractivity contribution in [2.45, 2.75) is 66.0 Å². The number of hydrogen-bond acceptors (Lipinski definition) is 7. The van der Waals surface area contributed by atoms with E-state index in [1.165, 1.54) is 10.4 Å². The average Bonchev–Trinajstić information content (AvgIpc) is 3.58. The number of carbonyl (C=O) groups is 1. The molecule has 0 fully saturated rings. The molecule has 0 spiro atoms. The summed E-state index contributed by atoms with van der Waals surface area (Å²) in [6.07, 6.45) is 1.91. The quantitative estimate of drug-likeness (QED) is 0.253. The first kappa shape index (κ1) is 27.4. The Morgan fingerprint density at radius 3 is 2.66 bits per heavy atom. The van der Waals surface area contributed by atoms with Crippen molar-refractivity contribution in [2.24, 2.45) is 10.1 Å². The molecule has 0 bridgehead atoms. The van der Waals surface area contributed by atoms with Crippen molar-refractivity contribution in [3.05, 3.63) is 91.8 Å². The normalized spacial score (nSPS) is 16.7. The van der Waals surface area contributed by atoms with Crippen molar-refractivity contribution in [3.8, 4) is 5.00 Å². The van der Waals surface area contributed by atoms with Gasteiger partial charge in [0.25, 0.3) is 0 Å². The largest absolute Gasteiger partial charge is 0.326 e. The van der Waals surface area contributed by atoms with E-state index >= 15 is 0 Å². The van der Waals surface area contributed by atoms with Crippen molar-refractivity contribution < 1.29 is 4.79 Å². The maximum absolute atomic E-state index is 13.5. The maximum atomic E-state index is 13.5. The Balaban J connectivity index is 1.33. The molecule has 1 aliphatic heterocycles. The van der Waals surface area contributed by atoms with Crippen LogP contribution in [0.4, 0.5) is 5.69 Å². The van der Waals surface area contributed by atoms with Gasteiger partial charge in [0, 0.05) is 38.3 Å². The fraction of sp³-hybridized carbons (Fsp3) is 0.323. The van der Waals surface area contributed by atoms with Crippen LogP contribution in [0.25, 0.3) is 5.00 Å². The Morgan fingerprint density at radius 1 is 1.12 bits per heavy atom. The molecule has 2 aromatic carbocycles. The standard InChI is InChI=1S/C31H32ClN7OS/c1-16(2)35-37-25-13-8-21-14-23(11-12-24(21)25)33-27(40)15-26-30-38-36-19(5)39(30)31-28(17(3)18(4)41-31)29(34-26)20-6-9-22(32)10-7-20/h6-7,9-12,14,16,26,35H,8,13,15H2,1-5H3,(H,33,40)/b37-25-/t26-/m0/s1. The highest BCUT2D eigenvalue weighted by Gasteiger charge is 2.32. The number of halogens is 1. The van der Waals surface area contributed by atoms with Crippen LogP contribution in [-0.4, -0.2) is 38.1 Å². The van der Waals surface area contributed by atoms with E-state index in [4.69, 9.17) is 16.6 Å². The fourth-order valence-corrected chi connectivity index (χ4v) is 6.73. The number of nitrogens with one attached hydrogen (secondary N) is 2. The highest BCUT2D eigenvalue weighted by molar-refractivity contribution is 7.15. The Kier molecular flexibility index (Phi) is 7.25. The number of fused-ring (bicyclic) bond motifs is 4. The molecule has 1 amide bonds. The van der Waals surface area contributed by atoms with Gasteiger partial charge < -0.3 is 10.7 Å². The van der Waals surface area contributed by atoms with Crippen LogP contribution in [0.3, 0.4) is 0 Å². The summed E-state index contributed by atoms with van der Waals surface area (Å²) in [6.45, 7) is 10.3. The number of rotatable bonds is 6. The molecule has 2 N–H and O–H groups in total. The lowest BCUT2D eigenvalue weighted by molar-refractivity contribution is -0.116. The molecule has 6 rings (SSSR count). The lowest BCUT2D eigenvalue weighted by Crippen LogP contribution is -2.18. The number of thiophene rings is 1. The fourth-order valence-electron chi connectivity index (χ4n) is 5.39. The van der Waals surface area contributed by atoms with E-state index in [0.29, 0.717) is 10.8 Å². The zero-order valence-electron chi connectivity index (χ0n) is 23.7. The summed E-state index contributed by atoms with van der Waals surface area (Å²) in [7, 11) is 0. The summed E-state index contributed by atoms with van der Waals surface area (Å²) in [4.78, 5) is 19.9. The molecular formula is C31H32ClN7OS. The third kappa shape index (κ3) is 5.20. The molecule has 41 heavy (non-hydrogen) atoms.